The van der Waals surface area contributed by atoms with Crippen molar-refractivity contribution in [2.45, 2.75) is 37.1 Å². The Morgan fingerprint density at radius 2 is 2.16 bits per heavy atom. The van der Waals surface area contributed by atoms with Gasteiger partial charge < -0.3 is 0 Å². The second-order valence-corrected chi connectivity index (χ2v) is 6.51. The largest absolute Gasteiger partial charge is 0.242 e. The van der Waals surface area contributed by atoms with Gasteiger partial charge in [-0.3, -0.25) is 0 Å². The number of nitriles is 1. The topological polar surface area (TPSA) is 70.0 Å². The van der Waals surface area contributed by atoms with Crippen LogP contribution in [-0.4, -0.2) is 14.5 Å². The monoisotopic (exact) mass is 282 g/mol. The summed E-state index contributed by atoms with van der Waals surface area (Å²) < 4.78 is 40.4. The fourth-order valence-corrected chi connectivity index (χ4v) is 3.66. The van der Waals surface area contributed by atoms with Crippen molar-refractivity contribution in [3.8, 4) is 6.07 Å². The van der Waals surface area contributed by atoms with Gasteiger partial charge in [0, 0.05) is 6.04 Å². The lowest BCUT2D eigenvalue weighted by molar-refractivity contribution is 0.260. The Morgan fingerprint density at radius 3 is 2.68 bits per heavy atom. The van der Waals surface area contributed by atoms with Gasteiger partial charge in [0.2, 0.25) is 10.0 Å². The summed E-state index contributed by atoms with van der Waals surface area (Å²) in [6.45, 7) is 1.80. The van der Waals surface area contributed by atoms with E-state index in [0.29, 0.717) is 5.92 Å². The Kier molecular flexibility index (Phi) is 3.88. The van der Waals surface area contributed by atoms with E-state index in [2.05, 4.69) is 4.72 Å². The maximum Gasteiger partial charge on any atom is 0.242 e. The quantitative estimate of drug-likeness (QED) is 0.920. The zero-order valence-corrected chi connectivity index (χ0v) is 11.4. The van der Waals surface area contributed by atoms with Gasteiger partial charge in [0.25, 0.3) is 0 Å². The lowest BCUT2D eigenvalue weighted by atomic mass is 9.81. The van der Waals surface area contributed by atoms with Crippen LogP contribution in [0.4, 0.5) is 4.39 Å². The van der Waals surface area contributed by atoms with Gasteiger partial charge in [0.15, 0.2) is 0 Å². The van der Waals surface area contributed by atoms with Gasteiger partial charge >= 0.3 is 0 Å². The van der Waals surface area contributed by atoms with Crippen LogP contribution in [-0.2, 0) is 10.0 Å². The van der Waals surface area contributed by atoms with Crippen molar-refractivity contribution in [3.05, 3.63) is 29.6 Å². The van der Waals surface area contributed by atoms with E-state index in [1.807, 2.05) is 0 Å². The van der Waals surface area contributed by atoms with Crippen LogP contribution < -0.4 is 4.72 Å². The average Bonchev–Trinajstić information content (AvgIpc) is 2.25. The minimum absolute atomic E-state index is 0.200. The highest BCUT2D eigenvalue weighted by Gasteiger charge is 2.29. The van der Waals surface area contributed by atoms with Crippen LogP contribution in [0.15, 0.2) is 23.1 Å². The molecule has 0 saturated heterocycles. The minimum Gasteiger partial charge on any atom is -0.208 e. The van der Waals surface area contributed by atoms with E-state index >= 15 is 0 Å². The van der Waals surface area contributed by atoms with Crippen molar-refractivity contribution in [1.82, 2.24) is 4.72 Å². The lowest BCUT2D eigenvalue weighted by Crippen LogP contribution is -2.40. The molecule has 4 nitrogen and oxygen atoms in total. The van der Waals surface area contributed by atoms with Gasteiger partial charge in [0.1, 0.15) is 22.3 Å². The molecule has 0 amide bonds. The molecule has 6 heteroatoms. The highest BCUT2D eigenvalue weighted by atomic mass is 32.2. The van der Waals surface area contributed by atoms with Crippen molar-refractivity contribution in [2.24, 2.45) is 5.92 Å². The van der Waals surface area contributed by atoms with Gasteiger partial charge in [-0.1, -0.05) is 12.5 Å². The predicted octanol–water partition coefficient (Wildman–Crippen LogP) is 2.16. The molecule has 0 radical (unpaired) electrons. The molecule has 2 rings (SSSR count). The molecule has 1 aliphatic carbocycles. The summed E-state index contributed by atoms with van der Waals surface area (Å²) >= 11 is 0. The number of benzene rings is 1. The molecule has 0 heterocycles. The summed E-state index contributed by atoms with van der Waals surface area (Å²) in [6, 6.07) is 5.02. The molecule has 1 aromatic carbocycles. The molecule has 1 unspecified atom stereocenters. The first-order valence-electron chi connectivity index (χ1n) is 6.16. The van der Waals surface area contributed by atoms with Gasteiger partial charge in [-0.25, -0.2) is 17.5 Å². The molecule has 0 spiro atoms. The molecule has 0 aliphatic heterocycles. The lowest BCUT2D eigenvalue weighted by Gasteiger charge is -2.31. The molecule has 19 heavy (non-hydrogen) atoms. The van der Waals surface area contributed by atoms with Gasteiger partial charge in [-0.05, 0) is 37.8 Å². The maximum absolute atomic E-state index is 13.4. The highest BCUT2D eigenvalue weighted by molar-refractivity contribution is 7.89. The Labute approximate surface area is 112 Å². The van der Waals surface area contributed by atoms with Crippen molar-refractivity contribution < 1.29 is 12.8 Å². The SMILES string of the molecule is CC(NS(=O)(=O)c1cccc(F)c1C#N)C1CCC1. The number of nitrogens with one attached hydrogen (secondary N) is 1. The van der Waals surface area contributed by atoms with Gasteiger partial charge in [0.05, 0.1) is 0 Å². The molecule has 0 aromatic heterocycles. The van der Waals surface area contributed by atoms with Crippen molar-refractivity contribution >= 4 is 10.0 Å². The summed E-state index contributed by atoms with van der Waals surface area (Å²) in [7, 11) is -3.86. The molecule has 1 aromatic rings. The van der Waals surface area contributed by atoms with Crippen LogP contribution in [0.3, 0.4) is 0 Å². The van der Waals surface area contributed by atoms with Gasteiger partial charge in [-0.15, -0.1) is 0 Å². The highest BCUT2D eigenvalue weighted by Crippen LogP contribution is 2.30. The van der Waals surface area contributed by atoms with E-state index in [9.17, 15) is 12.8 Å². The molecule has 1 N–H and O–H groups in total. The maximum atomic E-state index is 13.4. The van der Waals surface area contributed by atoms with Crippen LogP contribution in [0.25, 0.3) is 0 Å². The van der Waals surface area contributed by atoms with E-state index in [1.54, 1.807) is 13.0 Å². The molecule has 1 saturated carbocycles. The van der Waals surface area contributed by atoms with Crippen molar-refractivity contribution in [3.63, 3.8) is 0 Å². The van der Waals surface area contributed by atoms with Crippen LogP contribution in [0.1, 0.15) is 31.7 Å². The second-order valence-electron chi connectivity index (χ2n) is 4.83. The van der Waals surface area contributed by atoms with Crippen molar-refractivity contribution in [1.29, 1.82) is 5.26 Å². The number of hydrogen-bond donors (Lipinski definition) is 1. The molecule has 1 aliphatic rings. The van der Waals surface area contributed by atoms with E-state index in [0.717, 1.165) is 25.3 Å². The second kappa shape index (κ2) is 5.27. The number of hydrogen-bond acceptors (Lipinski definition) is 3. The fourth-order valence-electron chi connectivity index (χ4n) is 2.18. The smallest absolute Gasteiger partial charge is 0.208 e. The summed E-state index contributed by atoms with van der Waals surface area (Å²) in [6.07, 6.45) is 3.11. The number of rotatable bonds is 4. The summed E-state index contributed by atoms with van der Waals surface area (Å²) in [5, 5.41) is 8.88. The predicted molar refractivity (Wildman–Crippen MR) is 68.2 cm³/mol. The Morgan fingerprint density at radius 1 is 1.47 bits per heavy atom. The summed E-state index contributed by atoms with van der Waals surface area (Å²) in [4.78, 5) is -0.291. The Bertz CT molecular complexity index is 618. The molecule has 102 valence electrons. The standard InChI is InChI=1S/C13H15FN2O2S/c1-9(10-4-2-5-10)16-19(17,18)13-7-3-6-12(14)11(13)8-15/h3,6-7,9-10,16H,2,4-5H2,1H3. The van der Waals surface area contributed by atoms with Crippen molar-refractivity contribution in [2.75, 3.05) is 0 Å². The first-order chi connectivity index (χ1) is 8.95. The third-order valence-electron chi connectivity index (χ3n) is 3.57. The normalized spacial score (nSPS) is 17.5. The van der Waals surface area contributed by atoms with Crippen LogP contribution >= 0.6 is 0 Å². The summed E-state index contributed by atoms with van der Waals surface area (Å²) in [5.41, 5.74) is -0.434. The fraction of sp³-hybridized carbons (Fsp3) is 0.462. The van der Waals surface area contributed by atoms with E-state index in [-0.39, 0.29) is 10.9 Å². The minimum atomic E-state index is -3.86. The van der Waals surface area contributed by atoms with Crippen LogP contribution in [0, 0.1) is 23.1 Å². The van der Waals surface area contributed by atoms with Crippen LogP contribution in [0.2, 0.25) is 0 Å². The molecule has 1 atom stereocenters. The average molecular weight is 282 g/mol. The van der Waals surface area contributed by atoms with E-state index in [1.165, 1.54) is 12.1 Å². The first kappa shape index (κ1) is 14.0. The first-order valence-corrected chi connectivity index (χ1v) is 7.65. The third-order valence-corrected chi connectivity index (χ3v) is 5.18. The number of sulfonamides is 1. The third kappa shape index (κ3) is 2.77. The number of nitrogens with zero attached hydrogens (tertiary/aromatic N) is 1. The number of halogens is 1. The van der Waals surface area contributed by atoms with E-state index < -0.39 is 21.4 Å². The Hall–Kier alpha value is -1.45. The zero-order valence-electron chi connectivity index (χ0n) is 10.6. The van der Waals surface area contributed by atoms with Gasteiger partial charge in [-0.2, -0.15) is 5.26 Å². The molecule has 1 fully saturated rings. The Balaban J connectivity index is 2.29. The molecule has 0 bridgehead atoms. The zero-order chi connectivity index (χ0) is 14.0. The summed E-state index contributed by atoms with van der Waals surface area (Å²) in [5.74, 6) is -0.490. The molecular formula is C13H15FN2O2S. The molecular weight excluding hydrogens is 267 g/mol. The van der Waals surface area contributed by atoms with Crippen LogP contribution in [0.5, 0.6) is 0 Å². The van der Waals surface area contributed by atoms with E-state index in [4.69, 9.17) is 5.26 Å².